The fraction of sp³-hybridized carbons (Fsp3) is 0.758. The third-order valence-electron chi connectivity index (χ3n) is 7.10. The van der Waals surface area contributed by atoms with E-state index in [1.54, 1.807) is 0 Å². The number of hydrogen-bond acceptors (Lipinski definition) is 8. The minimum atomic E-state index is -4.15. The minimum absolute atomic E-state index is 0.381. The molecule has 1 heterocycles. The summed E-state index contributed by atoms with van der Waals surface area (Å²) in [6.45, 7) is 53.7. The highest BCUT2D eigenvalue weighted by atomic mass is 29.7. The summed E-state index contributed by atoms with van der Waals surface area (Å²) >= 11 is 0. The molecule has 0 amide bonds. The monoisotopic (exact) mass is 880 g/mol. The van der Waals surface area contributed by atoms with Crippen LogP contribution in [0, 0.1) is 0 Å². The minimum Gasteiger partial charge on any atom is -0.451 e. The van der Waals surface area contributed by atoms with Crippen molar-refractivity contribution in [2.75, 3.05) is 0 Å². The second-order valence-corrected chi connectivity index (χ2v) is 69.8. The van der Waals surface area contributed by atoms with Crippen molar-refractivity contribution in [2.24, 2.45) is 0 Å². The second-order valence-electron chi connectivity index (χ2n) is 20.9. The summed E-state index contributed by atoms with van der Waals surface area (Å²) in [4.78, 5) is 0. The van der Waals surface area contributed by atoms with Crippen LogP contribution in [0.3, 0.4) is 0 Å². The van der Waals surface area contributed by atoms with Crippen LogP contribution >= 0.6 is 0 Å². The van der Waals surface area contributed by atoms with Gasteiger partial charge in [0.2, 0.25) is 0 Å². The lowest BCUT2D eigenvalue weighted by molar-refractivity contribution is -0.269. The summed E-state index contributed by atoms with van der Waals surface area (Å²) in [7, 11) is -28.9. The number of benzene rings is 1. The van der Waals surface area contributed by atoms with Crippen molar-refractivity contribution in [1.82, 2.24) is 0 Å². The van der Waals surface area contributed by atoms with Gasteiger partial charge in [-0.15, -0.1) is 0 Å². The first-order valence-electron chi connectivity index (χ1n) is 18.7. The summed E-state index contributed by atoms with van der Waals surface area (Å²) in [5.74, 6) is -1.47. The highest BCUT2D eigenvalue weighted by Gasteiger charge is 2.88. The molecule has 1 fully saturated rings. The Morgan fingerprint density at radius 2 is 1.00 bits per heavy atom. The largest absolute Gasteiger partial charge is 0.519 e. The zero-order chi connectivity index (χ0) is 40.1. The Bertz CT molecular complexity index is 1310. The molecule has 296 valence electrons. The van der Waals surface area contributed by atoms with Gasteiger partial charge in [0.1, 0.15) is 0 Å². The summed E-state index contributed by atoms with van der Waals surface area (Å²) in [6.07, 6.45) is 2.77. The quantitative estimate of drug-likeness (QED) is 0.113. The molecule has 0 aromatic heterocycles. The van der Waals surface area contributed by atoms with E-state index in [0.717, 1.165) is 12.0 Å². The van der Waals surface area contributed by atoms with Crippen LogP contribution in [0.5, 0.6) is 0 Å². The molecule has 0 bridgehead atoms. The predicted octanol–water partition coefficient (Wildman–Crippen LogP) is 10.2. The molecule has 1 unspecified atom stereocenters. The first kappa shape index (κ1) is 48.0. The van der Waals surface area contributed by atoms with Crippen molar-refractivity contribution in [3.05, 3.63) is 35.9 Å². The van der Waals surface area contributed by atoms with Crippen LogP contribution in [0.1, 0.15) is 18.1 Å². The van der Waals surface area contributed by atoms with Crippen molar-refractivity contribution >= 4 is 93.2 Å². The molecule has 8 nitrogen and oxygen atoms in total. The number of hydrogen-bond donors (Lipinski definition) is 0. The van der Waals surface area contributed by atoms with Gasteiger partial charge in [-0.2, -0.15) is 0 Å². The van der Waals surface area contributed by atoms with Crippen LogP contribution in [-0.2, 0) is 40.3 Å². The Kier molecular flexibility index (Phi) is 14.7. The van der Waals surface area contributed by atoms with E-state index >= 15 is 0 Å². The predicted molar refractivity (Wildman–Crippen MR) is 242 cm³/mol. The standard InChI is InChI=1S/C33H76O8Si10/c1-24-30-27-26-28-32(31(30)25-2)49(37-44(9,10)11)29-33(34-42(3,4)5,35-43(6,7)8)36-50(38-45(12,13)14,39-46(15,16)17)51(49,40-47(18,19)20)41-48(21,22)23/h24,26-28H,1,25,29H2,2-23H3. The Morgan fingerprint density at radius 3 is 1.31 bits per heavy atom. The highest BCUT2D eigenvalue weighted by molar-refractivity contribution is 7.66. The van der Waals surface area contributed by atoms with Gasteiger partial charge >= 0.3 is 15.9 Å². The molecule has 0 spiro atoms. The molecule has 2 rings (SSSR count). The van der Waals surface area contributed by atoms with Crippen molar-refractivity contribution in [1.29, 1.82) is 0 Å². The Morgan fingerprint density at radius 1 is 0.608 bits per heavy atom. The molecule has 1 aliphatic rings. The smallest absolute Gasteiger partial charge is 0.451 e. The Labute approximate surface area is 323 Å². The Hall–Kier alpha value is 0.809. The van der Waals surface area contributed by atoms with Crippen molar-refractivity contribution < 1.29 is 33.9 Å². The third-order valence-corrected chi connectivity index (χ3v) is 51.8. The molecule has 1 aromatic carbocycles. The van der Waals surface area contributed by atoms with Gasteiger partial charge in [-0.05, 0) is 160 Å². The van der Waals surface area contributed by atoms with E-state index in [0.29, 0.717) is 6.04 Å². The fourth-order valence-corrected chi connectivity index (χ4v) is 81.8. The van der Waals surface area contributed by atoms with Crippen molar-refractivity contribution in [2.45, 2.75) is 163 Å². The van der Waals surface area contributed by atoms with Gasteiger partial charge in [-0.1, -0.05) is 37.8 Å². The molecule has 1 aliphatic heterocycles. The van der Waals surface area contributed by atoms with E-state index in [9.17, 15) is 0 Å². The maximum atomic E-state index is 8.17. The first-order valence-corrected chi connectivity index (χ1v) is 50.2. The summed E-state index contributed by atoms with van der Waals surface area (Å²) in [5, 5.41) is 1.18. The van der Waals surface area contributed by atoms with Crippen LogP contribution in [-0.4, -0.2) is 87.9 Å². The molecule has 0 radical (unpaired) electrons. The zero-order valence-electron chi connectivity index (χ0n) is 36.7. The molecule has 18 heteroatoms. The third kappa shape index (κ3) is 12.9. The first-order chi connectivity index (χ1) is 22.4. The summed E-state index contributed by atoms with van der Waals surface area (Å²) < 4.78 is 62.6. The SMILES string of the molecule is C=Cc1cccc([Si]2(O[Si](C)(C)C)CC(O[Si](C)(C)C)(O[Si](C)(C)C)O[Si](O[Si](C)(C)C)(O[Si](C)(C)C)[Si]2(O[Si](C)(C)C)O[Si](C)(C)C)c1CC. The molecular weight excluding hydrogens is 805 g/mol. The molecule has 51 heavy (non-hydrogen) atoms. The van der Waals surface area contributed by atoms with Gasteiger partial charge in [0, 0.05) is 0 Å². The molecule has 1 atom stereocenters. The molecule has 0 N–H and O–H groups in total. The van der Waals surface area contributed by atoms with Crippen LogP contribution in [0.25, 0.3) is 6.08 Å². The molecular formula is C33H76O8Si10. The molecule has 0 saturated carbocycles. The van der Waals surface area contributed by atoms with Crippen LogP contribution in [0.2, 0.25) is 144 Å². The van der Waals surface area contributed by atoms with Crippen molar-refractivity contribution in [3.8, 4) is 0 Å². The topological polar surface area (TPSA) is 73.8 Å². The Balaban J connectivity index is 3.71. The van der Waals surface area contributed by atoms with E-state index in [4.69, 9.17) is 33.9 Å². The fourth-order valence-electron chi connectivity index (χ4n) is 6.74. The van der Waals surface area contributed by atoms with E-state index in [1.165, 1.54) is 10.8 Å². The van der Waals surface area contributed by atoms with E-state index in [2.05, 4.69) is 169 Å². The van der Waals surface area contributed by atoms with Crippen LogP contribution < -0.4 is 5.19 Å². The van der Waals surface area contributed by atoms with Gasteiger partial charge in [0.15, 0.2) is 58.2 Å². The van der Waals surface area contributed by atoms with Crippen molar-refractivity contribution in [3.63, 3.8) is 0 Å². The van der Waals surface area contributed by atoms with Gasteiger partial charge in [0.05, 0.1) is 6.04 Å². The lowest BCUT2D eigenvalue weighted by atomic mass is 10.1. The van der Waals surface area contributed by atoms with Gasteiger partial charge in [-0.3, -0.25) is 0 Å². The van der Waals surface area contributed by atoms with E-state index in [-0.39, 0.29) is 0 Å². The highest BCUT2D eigenvalue weighted by Crippen LogP contribution is 2.53. The molecule has 1 aromatic rings. The normalized spacial score (nSPS) is 21.8. The summed E-state index contributed by atoms with van der Waals surface area (Å²) in [5.41, 5.74) is 2.32. The molecule has 0 aliphatic carbocycles. The van der Waals surface area contributed by atoms with E-state index in [1.807, 2.05) is 6.08 Å². The molecule has 1 saturated heterocycles. The average molecular weight is 882 g/mol. The average Bonchev–Trinajstić information content (AvgIpc) is 2.79. The van der Waals surface area contributed by atoms with Crippen LogP contribution in [0.15, 0.2) is 24.8 Å². The number of rotatable bonds is 17. The second kappa shape index (κ2) is 15.6. The van der Waals surface area contributed by atoms with Gasteiger partial charge in [0.25, 0.3) is 13.8 Å². The maximum Gasteiger partial charge on any atom is 0.519 e. The zero-order valence-corrected chi connectivity index (χ0v) is 46.7. The van der Waals surface area contributed by atoms with Gasteiger partial charge < -0.3 is 33.9 Å². The lowest BCUT2D eigenvalue weighted by Crippen LogP contribution is -2.97. The summed E-state index contributed by atoms with van der Waals surface area (Å²) in [6, 6.07) is 7.00. The van der Waals surface area contributed by atoms with Crippen LogP contribution in [0.4, 0.5) is 0 Å². The van der Waals surface area contributed by atoms with Gasteiger partial charge in [-0.25, -0.2) is 0 Å². The lowest BCUT2D eigenvalue weighted by Gasteiger charge is -2.64. The van der Waals surface area contributed by atoms with E-state index < -0.39 is 87.9 Å². The maximum absolute atomic E-state index is 8.17.